The van der Waals surface area contributed by atoms with E-state index in [2.05, 4.69) is 10.6 Å². The summed E-state index contributed by atoms with van der Waals surface area (Å²) in [7, 11) is 0. The highest BCUT2D eigenvalue weighted by Crippen LogP contribution is 2.30. The quantitative estimate of drug-likeness (QED) is 0.680. The molecule has 0 radical (unpaired) electrons. The average Bonchev–Trinajstić information content (AvgIpc) is 2.56. The van der Waals surface area contributed by atoms with E-state index >= 15 is 0 Å². The number of benzene rings is 1. The summed E-state index contributed by atoms with van der Waals surface area (Å²) < 4.78 is 11.4. The topological polar surface area (TPSA) is 103 Å². The first-order valence-electron chi connectivity index (χ1n) is 7.31. The van der Waals surface area contributed by atoms with Gasteiger partial charge in [-0.2, -0.15) is 11.8 Å². The van der Waals surface area contributed by atoms with Crippen molar-refractivity contribution in [3.8, 4) is 11.5 Å². The standard InChI is InChI=1S/C15H21N3O4S/c1-23-7-6-11(18-15(16)20)14(19)17-8-10-9-21-12-4-2-3-5-13(12)22-10/h2-5,10-11H,6-9H2,1H3,(H,17,19)(H3,16,18,20)/t10-,11-/m0/s1. The zero-order valence-corrected chi connectivity index (χ0v) is 13.7. The highest BCUT2D eigenvalue weighted by Gasteiger charge is 2.24. The molecule has 0 spiro atoms. The minimum Gasteiger partial charge on any atom is -0.486 e. The molecule has 1 aromatic carbocycles. The molecule has 23 heavy (non-hydrogen) atoms. The van der Waals surface area contributed by atoms with Gasteiger partial charge in [-0.25, -0.2) is 4.79 Å². The van der Waals surface area contributed by atoms with Gasteiger partial charge in [0, 0.05) is 0 Å². The molecule has 0 aromatic heterocycles. The fraction of sp³-hybridized carbons (Fsp3) is 0.467. The fourth-order valence-electron chi connectivity index (χ4n) is 2.18. The first-order valence-corrected chi connectivity index (χ1v) is 8.70. The Balaban J connectivity index is 1.84. The number of nitrogens with two attached hydrogens (primary N) is 1. The van der Waals surface area contributed by atoms with Crippen molar-refractivity contribution in [2.45, 2.75) is 18.6 Å². The fourth-order valence-corrected chi connectivity index (χ4v) is 2.65. The number of thioether (sulfide) groups is 1. The molecule has 0 saturated carbocycles. The smallest absolute Gasteiger partial charge is 0.312 e. The van der Waals surface area contributed by atoms with E-state index in [1.165, 1.54) is 0 Å². The van der Waals surface area contributed by atoms with E-state index in [1.54, 1.807) is 11.8 Å². The third kappa shape index (κ3) is 5.24. The second-order valence-corrected chi connectivity index (χ2v) is 6.07. The summed E-state index contributed by atoms with van der Waals surface area (Å²) in [4.78, 5) is 23.2. The molecular formula is C15H21N3O4S. The van der Waals surface area contributed by atoms with Gasteiger partial charge in [-0.15, -0.1) is 0 Å². The van der Waals surface area contributed by atoms with Gasteiger partial charge in [-0.3, -0.25) is 4.79 Å². The van der Waals surface area contributed by atoms with Crippen molar-refractivity contribution in [1.82, 2.24) is 10.6 Å². The molecular weight excluding hydrogens is 318 g/mol. The molecule has 2 atom stereocenters. The number of urea groups is 1. The summed E-state index contributed by atoms with van der Waals surface area (Å²) >= 11 is 1.60. The Morgan fingerprint density at radius 1 is 1.39 bits per heavy atom. The minimum atomic E-state index is -0.711. The number of hydrogen-bond acceptors (Lipinski definition) is 5. The monoisotopic (exact) mass is 339 g/mol. The van der Waals surface area contributed by atoms with Gasteiger partial charge in [0.15, 0.2) is 11.5 Å². The van der Waals surface area contributed by atoms with Crippen LogP contribution in [0.1, 0.15) is 6.42 Å². The summed E-state index contributed by atoms with van der Waals surface area (Å²) in [6.07, 6.45) is 2.17. The van der Waals surface area contributed by atoms with Crippen LogP contribution in [0.3, 0.4) is 0 Å². The normalized spacial score (nSPS) is 17.2. The third-order valence-corrected chi connectivity index (χ3v) is 3.96. The van der Waals surface area contributed by atoms with E-state index in [0.29, 0.717) is 31.1 Å². The Labute approximate surface area is 139 Å². The van der Waals surface area contributed by atoms with Gasteiger partial charge in [0.2, 0.25) is 5.91 Å². The Bertz CT molecular complexity index is 555. The third-order valence-electron chi connectivity index (χ3n) is 3.32. The van der Waals surface area contributed by atoms with Gasteiger partial charge in [0.05, 0.1) is 6.54 Å². The summed E-state index contributed by atoms with van der Waals surface area (Å²) in [5, 5.41) is 5.23. The summed E-state index contributed by atoms with van der Waals surface area (Å²) in [5.74, 6) is 1.82. The molecule has 1 heterocycles. The largest absolute Gasteiger partial charge is 0.486 e. The number of amides is 3. The first-order chi connectivity index (χ1) is 11.1. The number of carbonyl (C=O) groups is 2. The van der Waals surface area contributed by atoms with E-state index < -0.39 is 12.1 Å². The number of para-hydroxylation sites is 2. The molecule has 0 unspecified atom stereocenters. The van der Waals surface area contributed by atoms with Gasteiger partial charge in [0.1, 0.15) is 18.8 Å². The number of carbonyl (C=O) groups excluding carboxylic acids is 2. The summed E-state index contributed by atoms with van der Waals surface area (Å²) in [6, 6.07) is 6.03. The van der Waals surface area contributed by atoms with Crippen LogP contribution in [0, 0.1) is 0 Å². The predicted octanol–water partition coefficient (Wildman–Crippen LogP) is 0.733. The Hall–Kier alpha value is -2.09. The molecule has 2 rings (SSSR count). The van der Waals surface area contributed by atoms with Crippen LogP contribution < -0.4 is 25.8 Å². The van der Waals surface area contributed by atoms with Gasteiger partial charge in [0.25, 0.3) is 0 Å². The molecule has 1 aliphatic heterocycles. The van der Waals surface area contributed by atoms with Crippen molar-refractivity contribution >= 4 is 23.7 Å². The van der Waals surface area contributed by atoms with E-state index in [0.717, 1.165) is 5.75 Å². The van der Waals surface area contributed by atoms with Gasteiger partial charge in [-0.05, 0) is 30.6 Å². The van der Waals surface area contributed by atoms with Crippen molar-refractivity contribution in [3.05, 3.63) is 24.3 Å². The van der Waals surface area contributed by atoms with Crippen LogP contribution in [0.15, 0.2) is 24.3 Å². The van der Waals surface area contributed by atoms with Crippen molar-refractivity contribution in [1.29, 1.82) is 0 Å². The Morgan fingerprint density at radius 3 is 2.83 bits per heavy atom. The van der Waals surface area contributed by atoms with E-state index in [-0.39, 0.29) is 12.0 Å². The maximum atomic E-state index is 12.2. The van der Waals surface area contributed by atoms with Crippen molar-refractivity contribution in [2.75, 3.05) is 25.2 Å². The van der Waals surface area contributed by atoms with Crippen LogP contribution in [0.4, 0.5) is 4.79 Å². The second kappa shape index (κ2) is 8.52. The van der Waals surface area contributed by atoms with Crippen LogP contribution >= 0.6 is 11.8 Å². The zero-order valence-electron chi connectivity index (χ0n) is 12.9. The van der Waals surface area contributed by atoms with Crippen LogP contribution in [0.2, 0.25) is 0 Å². The van der Waals surface area contributed by atoms with Gasteiger partial charge in [-0.1, -0.05) is 12.1 Å². The van der Waals surface area contributed by atoms with Crippen LogP contribution in [-0.2, 0) is 4.79 Å². The summed E-state index contributed by atoms with van der Waals surface area (Å²) in [6.45, 7) is 0.652. The van der Waals surface area contributed by atoms with E-state index in [9.17, 15) is 9.59 Å². The number of nitrogens with one attached hydrogen (secondary N) is 2. The molecule has 0 bridgehead atoms. The SMILES string of the molecule is CSCC[C@H](NC(N)=O)C(=O)NC[C@H]1COc2ccccc2O1. The molecule has 1 aromatic rings. The van der Waals surface area contributed by atoms with E-state index in [4.69, 9.17) is 15.2 Å². The maximum absolute atomic E-state index is 12.2. The van der Waals surface area contributed by atoms with Crippen LogP contribution in [-0.4, -0.2) is 49.2 Å². The van der Waals surface area contributed by atoms with Crippen LogP contribution in [0.5, 0.6) is 11.5 Å². The highest BCUT2D eigenvalue weighted by atomic mass is 32.2. The van der Waals surface area contributed by atoms with Gasteiger partial charge >= 0.3 is 6.03 Å². The molecule has 0 fully saturated rings. The van der Waals surface area contributed by atoms with Crippen molar-refractivity contribution in [3.63, 3.8) is 0 Å². The number of hydrogen-bond donors (Lipinski definition) is 3. The number of rotatable bonds is 7. The molecule has 7 nitrogen and oxygen atoms in total. The Morgan fingerprint density at radius 2 is 2.13 bits per heavy atom. The Kier molecular flexibility index (Phi) is 6.40. The van der Waals surface area contributed by atoms with Crippen molar-refractivity contribution in [2.24, 2.45) is 5.73 Å². The van der Waals surface area contributed by atoms with Gasteiger partial charge < -0.3 is 25.8 Å². The van der Waals surface area contributed by atoms with Crippen molar-refractivity contribution < 1.29 is 19.1 Å². The molecule has 0 aliphatic carbocycles. The second-order valence-electron chi connectivity index (χ2n) is 5.09. The summed E-state index contributed by atoms with van der Waals surface area (Å²) in [5.41, 5.74) is 5.11. The molecule has 3 amide bonds. The number of fused-ring (bicyclic) bond motifs is 1. The molecule has 0 saturated heterocycles. The van der Waals surface area contributed by atoms with Crippen LogP contribution in [0.25, 0.3) is 0 Å². The number of primary amides is 1. The first kappa shape index (κ1) is 17.3. The molecule has 126 valence electrons. The lowest BCUT2D eigenvalue weighted by atomic mass is 10.2. The lowest BCUT2D eigenvalue weighted by Crippen LogP contribution is -2.51. The molecule has 4 N–H and O–H groups in total. The van der Waals surface area contributed by atoms with E-state index in [1.807, 2.05) is 30.5 Å². The lowest BCUT2D eigenvalue weighted by Gasteiger charge is -2.27. The average molecular weight is 339 g/mol. The minimum absolute atomic E-state index is 0.274. The number of ether oxygens (including phenoxy) is 2. The molecule has 1 aliphatic rings. The zero-order chi connectivity index (χ0) is 16.7. The highest BCUT2D eigenvalue weighted by molar-refractivity contribution is 7.98. The predicted molar refractivity (Wildman–Crippen MR) is 88.9 cm³/mol. The maximum Gasteiger partial charge on any atom is 0.312 e. The lowest BCUT2D eigenvalue weighted by molar-refractivity contribution is -0.123. The molecule has 8 heteroatoms.